The van der Waals surface area contributed by atoms with Crippen molar-refractivity contribution < 1.29 is 120 Å². The molecule has 0 bridgehead atoms. The minimum atomic E-state index is -1.50. The van der Waals surface area contributed by atoms with E-state index in [9.17, 15) is 0 Å². The topological polar surface area (TPSA) is 693 Å². The fraction of sp³-hybridized carbons (Fsp3) is 0. The Balaban J connectivity index is -0.000000000237. The Hall–Kier alpha value is -1.60. The van der Waals surface area contributed by atoms with Crippen molar-refractivity contribution in [3.05, 3.63) is 10.1 Å². The molecule has 0 radical (unpaired) electrons. The highest BCUT2D eigenvalue weighted by Crippen LogP contribution is 1.38. The summed E-state index contributed by atoms with van der Waals surface area (Å²) in [6, 6.07) is 0. The van der Waals surface area contributed by atoms with Gasteiger partial charge in [-0.05, 0) is 0 Å². The van der Waals surface area contributed by atoms with Gasteiger partial charge >= 0.3 is 0 Å². The van der Waals surface area contributed by atoms with E-state index in [0.29, 0.717) is 0 Å². The molecule has 0 saturated carbocycles. The molecule has 24 heteroatoms. The largest absolute Gasteiger partial charge is 0.412 e. The minimum absolute atomic E-state index is 0. The fourth-order valence-corrected chi connectivity index (χ4v) is 0. The number of hydrogen-bond acceptors (Lipinski definition) is 2. The van der Waals surface area contributed by atoms with Crippen molar-refractivity contribution >= 4 is 0 Å². The Morgan fingerprint density at radius 3 is 0.375 bits per heavy atom. The van der Waals surface area contributed by atoms with Gasteiger partial charge in [-0.3, -0.25) is 0 Å². The van der Waals surface area contributed by atoms with Gasteiger partial charge in [-0.1, -0.05) is 0 Å². The van der Waals surface area contributed by atoms with Crippen LogP contribution < -0.4 is 0 Å². The van der Waals surface area contributed by atoms with E-state index in [1.54, 1.807) is 0 Å². The fourth-order valence-electron chi connectivity index (χ4n) is 0. The summed E-state index contributed by atoms with van der Waals surface area (Å²) >= 11 is 0. The molecule has 24 nitrogen and oxygen atoms in total. The summed E-state index contributed by atoms with van der Waals surface area (Å²) < 4.78 is 0. The van der Waals surface area contributed by atoms with Gasteiger partial charge in [0, 0.05) is 0 Å². The highest BCUT2D eigenvalue weighted by Gasteiger charge is 1.65. The third kappa shape index (κ3) is 3000. The van der Waals surface area contributed by atoms with Gasteiger partial charge in [0.15, 0.2) is 0 Å². The first-order valence-electron chi connectivity index (χ1n) is 0.565. The third-order valence-electron chi connectivity index (χ3n) is 0. The lowest BCUT2D eigenvalue weighted by Crippen LogP contribution is -1.81. The maximum atomic E-state index is 8.36. The van der Waals surface area contributed by atoms with Gasteiger partial charge < -0.3 is 115 Å². The highest BCUT2D eigenvalue weighted by atomic mass is 16.9. The lowest BCUT2D eigenvalue weighted by atomic mass is 13.1. The van der Waals surface area contributed by atoms with E-state index in [1.807, 2.05) is 0 Å². The van der Waals surface area contributed by atoms with Gasteiger partial charge in [0.25, 0.3) is 5.09 Å². The molecule has 0 aliphatic heterocycles. The molecule has 0 aromatic carbocycles. The van der Waals surface area contributed by atoms with Crippen molar-refractivity contribution in [3.8, 4) is 0 Å². The Morgan fingerprint density at radius 2 is 0.375 bits per heavy atom. The van der Waals surface area contributed by atoms with Crippen LogP contribution in [0, 0.1) is 10.1 Å². The van der Waals surface area contributed by atoms with Crippen LogP contribution in [0.1, 0.15) is 0 Å². The second-order valence-corrected chi connectivity index (χ2v) is 0.238. The van der Waals surface area contributed by atoms with Crippen molar-refractivity contribution in [1.29, 1.82) is 0 Å². The van der Waals surface area contributed by atoms with Gasteiger partial charge in [-0.15, -0.1) is 10.1 Å². The van der Waals surface area contributed by atoms with Crippen LogP contribution in [0.5, 0.6) is 0 Å². The minimum Gasteiger partial charge on any atom is -0.412 e. The highest BCUT2D eigenvalue weighted by molar-refractivity contribution is 3.83. The Morgan fingerprint density at radius 1 is 0.375 bits per heavy atom. The molecular weight excluding hydrogens is 382 g/mol. The van der Waals surface area contributed by atoms with Gasteiger partial charge in [-0.25, -0.2) is 0 Å². The Bertz CT molecular complexity index is 29.0. The molecule has 0 fully saturated rings. The first-order chi connectivity index (χ1) is 1.73. The van der Waals surface area contributed by atoms with Crippen molar-refractivity contribution in [3.63, 3.8) is 0 Å². The number of hydrogen-bond donors (Lipinski definition) is 1. The van der Waals surface area contributed by atoms with Gasteiger partial charge in [-0.2, -0.15) is 0 Å². The van der Waals surface area contributed by atoms with Crippen LogP contribution in [0.2, 0.25) is 0 Å². The summed E-state index contributed by atoms with van der Waals surface area (Å²) in [5, 5.41) is 13.6. The molecule has 0 saturated heterocycles. The first-order valence-corrected chi connectivity index (χ1v) is 0.565. The average molecular weight is 423 g/mol. The lowest BCUT2D eigenvalue weighted by molar-refractivity contribution is -0.742. The van der Waals surface area contributed by atoms with Crippen molar-refractivity contribution in [2.75, 3.05) is 0 Å². The quantitative estimate of drug-likeness (QED) is 0.293. The molecule has 0 unspecified atom stereocenters. The van der Waals surface area contributed by atoms with E-state index >= 15 is 0 Å². The molecule has 0 aliphatic rings. The molecule has 0 rings (SSSR count). The number of rotatable bonds is 0. The van der Waals surface area contributed by atoms with Crippen molar-refractivity contribution in [2.24, 2.45) is 0 Å². The predicted octanol–water partition coefficient (Wildman–Crippen LogP) is -16.8. The molecule has 184 valence electrons. The number of nitrogens with zero attached hydrogens (tertiary/aromatic N) is 1. The molecule has 0 aromatic rings. The van der Waals surface area contributed by atoms with E-state index < -0.39 is 5.09 Å². The van der Waals surface area contributed by atoms with Crippen LogP contribution in [0.3, 0.4) is 0 Å². The summed E-state index contributed by atoms with van der Waals surface area (Å²) in [5.74, 6) is 0. The molecule has 0 aromatic heterocycles. The lowest BCUT2D eigenvalue weighted by Gasteiger charge is -1.56. The Kier molecular flexibility index (Phi) is 991000. The summed E-state index contributed by atoms with van der Waals surface area (Å²) in [6.07, 6.45) is 0. The van der Waals surface area contributed by atoms with Crippen LogP contribution >= 0.6 is 0 Å². The van der Waals surface area contributed by atoms with Gasteiger partial charge in [0.05, 0.1) is 0 Å². The van der Waals surface area contributed by atoms with Crippen LogP contribution in [-0.2, 0) is 0 Å². The Labute approximate surface area is 131 Å². The molecule has 24 heavy (non-hydrogen) atoms. The molecule has 0 atom stereocenters. The van der Waals surface area contributed by atoms with E-state index in [4.69, 9.17) is 15.3 Å². The molecule has 0 amide bonds. The maximum absolute atomic E-state index is 8.36. The second-order valence-electron chi connectivity index (χ2n) is 0.238. The second kappa shape index (κ2) is 4540. The first kappa shape index (κ1) is 5230. The van der Waals surface area contributed by atoms with Crippen molar-refractivity contribution in [2.45, 2.75) is 0 Å². The summed E-state index contributed by atoms with van der Waals surface area (Å²) in [6.45, 7) is 0. The van der Waals surface area contributed by atoms with Crippen LogP contribution in [0.25, 0.3) is 0 Å². The SMILES string of the molecule is O.O.O.O.O.O.O.O.O.O.O.O.O.O.O.O.O.O.O.O.O=[N+]([O-])O. The zero-order valence-corrected chi connectivity index (χ0v) is 11.7. The molecule has 0 heterocycles. The summed E-state index contributed by atoms with van der Waals surface area (Å²) in [4.78, 5) is 8.36. The normalized spacial score (nSPS) is 1.00. The standard InChI is InChI=1S/HNO3.20H2O/c2-1(3)4;;;;;;;;;;;;;;;;;;;;/h(H,2,3,4);20*1H2. The van der Waals surface area contributed by atoms with Crippen LogP contribution in [0.4, 0.5) is 0 Å². The molecule has 0 spiro atoms. The third-order valence-corrected chi connectivity index (χ3v) is 0. The maximum Gasteiger partial charge on any atom is 0.291 e. The smallest absolute Gasteiger partial charge is 0.291 e. The van der Waals surface area contributed by atoms with Gasteiger partial charge in [0.2, 0.25) is 0 Å². The van der Waals surface area contributed by atoms with E-state index in [1.165, 1.54) is 0 Å². The summed E-state index contributed by atoms with van der Waals surface area (Å²) in [7, 11) is 0. The van der Waals surface area contributed by atoms with E-state index in [2.05, 4.69) is 0 Å². The summed E-state index contributed by atoms with van der Waals surface area (Å²) in [5.41, 5.74) is 0. The van der Waals surface area contributed by atoms with Crippen LogP contribution in [0.15, 0.2) is 0 Å². The van der Waals surface area contributed by atoms with E-state index in [-0.39, 0.29) is 110 Å². The van der Waals surface area contributed by atoms with E-state index in [0.717, 1.165) is 0 Å². The molecule has 41 N–H and O–H groups in total. The molecule has 0 aliphatic carbocycles. The zero-order chi connectivity index (χ0) is 3.58. The zero-order valence-electron chi connectivity index (χ0n) is 11.7. The molecular formula is H41NO23. The average Bonchev–Trinajstić information content (AvgIpc) is 0.811. The predicted molar refractivity (Wildman–Crippen MR) is 81.1 cm³/mol. The van der Waals surface area contributed by atoms with Gasteiger partial charge in [0.1, 0.15) is 0 Å². The van der Waals surface area contributed by atoms with Crippen molar-refractivity contribution in [1.82, 2.24) is 0 Å². The van der Waals surface area contributed by atoms with Crippen LogP contribution in [-0.4, -0.2) is 120 Å². The monoisotopic (exact) mass is 423 g/mol.